The SMILES string of the molecule is C[C@H](O)C(CN)(COP(=O)(O)OP(=O)(O)OP(=O)(O)O)O[C@H](CO)n1ccc(=O)[nH]c1=O. The Balaban J connectivity index is 3.12. The minimum absolute atomic E-state index is 0.685. The van der Waals surface area contributed by atoms with Gasteiger partial charge in [0, 0.05) is 18.8 Å². The Bertz CT molecular complexity index is 1030. The molecule has 0 spiro atoms. The van der Waals surface area contributed by atoms with Crippen LogP contribution >= 0.6 is 23.5 Å². The Kier molecular flexibility index (Phi) is 9.87. The molecule has 0 bridgehead atoms. The lowest BCUT2D eigenvalue weighted by Crippen LogP contribution is -2.55. The topological polar surface area (TPSA) is 290 Å². The zero-order chi connectivity index (χ0) is 25.0. The highest BCUT2D eigenvalue weighted by molar-refractivity contribution is 7.66. The van der Waals surface area contributed by atoms with Gasteiger partial charge in [-0.3, -0.25) is 18.9 Å². The van der Waals surface area contributed by atoms with Gasteiger partial charge in [-0.15, -0.1) is 0 Å². The van der Waals surface area contributed by atoms with Crippen LogP contribution in [0.4, 0.5) is 0 Å². The molecule has 3 unspecified atom stereocenters. The molecule has 9 N–H and O–H groups in total. The Morgan fingerprint density at radius 2 is 1.75 bits per heavy atom. The van der Waals surface area contributed by atoms with E-state index in [-0.39, 0.29) is 0 Å². The Morgan fingerprint density at radius 1 is 1.16 bits per heavy atom. The largest absolute Gasteiger partial charge is 0.490 e. The molecule has 0 fully saturated rings. The van der Waals surface area contributed by atoms with E-state index in [9.17, 15) is 38.4 Å². The highest BCUT2D eigenvalue weighted by Crippen LogP contribution is 2.66. The molecule has 1 rings (SSSR count). The predicted octanol–water partition coefficient (Wildman–Crippen LogP) is -2.53. The maximum atomic E-state index is 11.9. The van der Waals surface area contributed by atoms with E-state index in [4.69, 9.17) is 25.2 Å². The third-order valence-corrected chi connectivity index (χ3v) is 7.47. The minimum atomic E-state index is -5.80. The highest BCUT2D eigenvalue weighted by Gasteiger charge is 2.45. The zero-order valence-corrected chi connectivity index (χ0v) is 18.8. The number of nitrogens with two attached hydrogens (primary N) is 1. The van der Waals surface area contributed by atoms with Crippen molar-refractivity contribution in [1.29, 1.82) is 0 Å². The summed E-state index contributed by atoms with van der Waals surface area (Å²) in [6.45, 7) is -1.69. The van der Waals surface area contributed by atoms with E-state index < -0.39 is 72.4 Å². The van der Waals surface area contributed by atoms with Gasteiger partial charge in [0.15, 0.2) is 6.23 Å². The third-order valence-electron chi connectivity index (χ3n) is 3.68. The maximum absolute atomic E-state index is 11.9. The molecule has 0 saturated heterocycles. The molecule has 1 heterocycles. The standard InChI is InChI=1S/C11H22N3O15P3/c1-7(16)11(5-12,27-9(4-15)14-3-2-8(17)13-10(14)18)6-26-31(22,23)29-32(24,25)28-30(19,20)21/h2-3,7,9,15-16H,4-6,12H2,1H3,(H,22,23)(H,24,25)(H,13,17,18)(H2,19,20,21)/t7-,9+,11?/m0/s1. The number of nitrogens with one attached hydrogen (secondary N) is 1. The average molecular weight is 529 g/mol. The summed E-state index contributed by atoms with van der Waals surface area (Å²) in [5.41, 5.74) is 1.60. The van der Waals surface area contributed by atoms with Gasteiger partial charge in [0.25, 0.3) is 5.56 Å². The van der Waals surface area contributed by atoms with Crippen LogP contribution in [0, 0.1) is 0 Å². The second-order valence-electron chi connectivity index (χ2n) is 6.08. The van der Waals surface area contributed by atoms with E-state index >= 15 is 0 Å². The number of rotatable bonds is 13. The van der Waals surface area contributed by atoms with Gasteiger partial charge in [0.05, 0.1) is 19.3 Å². The minimum Gasteiger partial charge on any atom is -0.392 e. The summed E-state index contributed by atoms with van der Waals surface area (Å²) in [4.78, 5) is 60.8. The Morgan fingerprint density at radius 3 is 2.19 bits per heavy atom. The monoisotopic (exact) mass is 529 g/mol. The van der Waals surface area contributed by atoms with Crippen LogP contribution in [0.3, 0.4) is 0 Å². The highest BCUT2D eigenvalue weighted by atomic mass is 31.3. The molecular weight excluding hydrogens is 507 g/mol. The number of ether oxygens (including phenoxy) is 1. The molecule has 0 radical (unpaired) electrons. The summed E-state index contributed by atoms with van der Waals surface area (Å²) in [6.07, 6.45) is -2.30. The molecular formula is C11H22N3O15P3. The summed E-state index contributed by atoms with van der Waals surface area (Å²) < 4.78 is 51.7. The summed E-state index contributed by atoms with van der Waals surface area (Å²) in [5.74, 6) is 0. The number of hydrogen-bond acceptors (Lipinski definition) is 12. The molecule has 21 heteroatoms. The van der Waals surface area contributed by atoms with Crippen molar-refractivity contribution in [2.24, 2.45) is 5.73 Å². The molecule has 18 nitrogen and oxygen atoms in total. The van der Waals surface area contributed by atoms with E-state index in [1.807, 2.05) is 4.98 Å². The zero-order valence-electron chi connectivity index (χ0n) is 16.2. The number of aromatic amines is 1. The van der Waals surface area contributed by atoms with Crippen molar-refractivity contribution in [2.45, 2.75) is 24.9 Å². The van der Waals surface area contributed by atoms with Gasteiger partial charge in [-0.2, -0.15) is 8.62 Å². The first-order valence-electron chi connectivity index (χ1n) is 8.22. The van der Waals surface area contributed by atoms with Crippen molar-refractivity contribution in [1.82, 2.24) is 9.55 Å². The molecule has 0 aliphatic carbocycles. The van der Waals surface area contributed by atoms with Gasteiger partial charge in [0.2, 0.25) is 0 Å². The molecule has 0 aliphatic heterocycles. The van der Waals surface area contributed by atoms with Crippen molar-refractivity contribution in [3.63, 3.8) is 0 Å². The lowest BCUT2D eigenvalue weighted by molar-refractivity contribution is -0.195. The van der Waals surface area contributed by atoms with Crippen LogP contribution in [-0.4, -0.2) is 70.8 Å². The lowest BCUT2D eigenvalue weighted by atomic mass is 9.99. The number of aliphatic hydroxyl groups excluding tert-OH is 2. The van der Waals surface area contributed by atoms with Crippen LogP contribution in [0.5, 0.6) is 0 Å². The first kappa shape index (κ1) is 29.0. The second-order valence-corrected chi connectivity index (χ2v) is 10.5. The number of nitrogens with zero attached hydrogens (tertiary/aromatic N) is 1. The van der Waals surface area contributed by atoms with Crippen LogP contribution < -0.4 is 17.0 Å². The summed E-state index contributed by atoms with van der Waals surface area (Å²) in [6, 6.07) is 0.909. The number of aliphatic hydroxyl groups is 2. The Hall–Kier alpha value is -1.07. The maximum Gasteiger partial charge on any atom is 0.490 e. The van der Waals surface area contributed by atoms with Crippen molar-refractivity contribution in [3.05, 3.63) is 33.1 Å². The van der Waals surface area contributed by atoms with E-state index in [1.165, 1.54) is 0 Å². The smallest absolute Gasteiger partial charge is 0.392 e. The number of hydrogen-bond donors (Lipinski definition) is 8. The van der Waals surface area contributed by atoms with E-state index in [0.717, 1.165) is 19.2 Å². The molecule has 0 saturated carbocycles. The fourth-order valence-electron chi connectivity index (χ4n) is 2.13. The predicted molar refractivity (Wildman–Crippen MR) is 102 cm³/mol. The van der Waals surface area contributed by atoms with Gasteiger partial charge in [-0.1, -0.05) is 0 Å². The first-order chi connectivity index (χ1) is 14.5. The molecule has 0 aromatic carbocycles. The van der Waals surface area contributed by atoms with Crippen LogP contribution in [0.25, 0.3) is 0 Å². The average Bonchev–Trinajstić information content (AvgIpc) is 2.59. The van der Waals surface area contributed by atoms with Crippen LogP contribution in [0.15, 0.2) is 21.9 Å². The third kappa shape index (κ3) is 8.70. The quantitative estimate of drug-likeness (QED) is 0.122. The van der Waals surface area contributed by atoms with E-state index in [2.05, 4.69) is 13.1 Å². The molecule has 32 heavy (non-hydrogen) atoms. The van der Waals surface area contributed by atoms with Gasteiger partial charge in [0.1, 0.15) is 5.60 Å². The van der Waals surface area contributed by atoms with Crippen molar-refractivity contribution in [3.8, 4) is 0 Å². The lowest BCUT2D eigenvalue weighted by Gasteiger charge is -2.38. The molecule has 0 amide bonds. The van der Waals surface area contributed by atoms with E-state index in [0.29, 0.717) is 4.57 Å². The molecule has 1 aromatic rings. The molecule has 186 valence electrons. The first-order valence-corrected chi connectivity index (χ1v) is 12.7. The van der Waals surface area contributed by atoms with E-state index in [1.54, 1.807) is 0 Å². The normalized spacial score (nSPS) is 20.0. The number of phosphoric acid groups is 3. The van der Waals surface area contributed by atoms with Crippen LogP contribution in [0.1, 0.15) is 13.2 Å². The number of phosphoric ester groups is 1. The van der Waals surface area contributed by atoms with Gasteiger partial charge in [-0.25, -0.2) is 18.5 Å². The van der Waals surface area contributed by atoms with Gasteiger partial charge >= 0.3 is 29.2 Å². The Labute approximate surface area is 178 Å². The molecule has 0 aliphatic rings. The van der Waals surface area contributed by atoms with Crippen molar-refractivity contribution >= 4 is 23.5 Å². The second kappa shape index (κ2) is 10.9. The van der Waals surface area contributed by atoms with Crippen LogP contribution in [-0.2, 0) is 31.6 Å². The molecule has 1 aromatic heterocycles. The number of aromatic nitrogens is 2. The number of H-pyrrole nitrogens is 1. The summed E-state index contributed by atoms with van der Waals surface area (Å²) in [5, 5.41) is 19.7. The fourth-order valence-corrected chi connectivity index (χ4v) is 5.21. The van der Waals surface area contributed by atoms with Gasteiger partial charge < -0.3 is 40.3 Å². The van der Waals surface area contributed by atoms with Crippen molar-refractivity contribution < 1.29 is 61.4 Å². The summed E-state index contributed by atoms with van der Waals surface area (Å²) in [7, 11) is -17.0. The van der Waals surface area contributed by atoms with Crippen molar-refractivity contribution in [2.75, 3.05) is 19.8 Å². The molecule has 5 atom stereocenters. The van der Waals surface area contributed by atoms with Gasteiger partial charge in [-0.05, 0) is 6.92 Å². The summed E-state index contributed by atoms with van der Waals surface area (Å²) >= 11 is 0. The van der Waals surface area contributed by atoms with Crippen LogP contribution in [0.2, 0.25) is 0 Å². The fraction of sp³-hybridized carbons (Fsp3) is 0.636.